The van der Waals surface area contributed by atoms with Crippen LogP contribution < -0.4 is 0 Å². The Morgan fingerprint density at radius 3 is 3.23 bits per heavy atom. The fourth-order valence-electron chi connectivity index (χ4n) is 2.08. The maximum Gasteiger partial charge on any atom is 0.0810 e. The van der Waals surface area contributed by atoms with Crippen LogP contribution >= 0.6 is 0 Å². The third kappa shape index (κ3) is 1.46. The van der Waals surface area contributed by atoms with Gasteiger partial charge in [-0.1, -0.05) is 6.92 Å². The number of aliphatic hydroxyl groups is 1. The highest BCUT2D eigenvalue weighted by molar-refractivity contribution is 5.33. The van der Waals surface area contributed by atoms with Crippen molar-refractivity contribution in [2.24, 2.45) is 0 Å². The zero-order chi connectivity index (χ0) is 9.26. The van der Waals surface area contributed by atoms with Crippen LogP contribution in [0.4, 0.5) is 0 Å². The molecule has 0 aliphatic heterocycles. The molecule has 1 heterocycles. The molecule has 1 aliphatic carbocycles. The average molecular weight is 177 g/mol. The first-order chi connectivity index (χ1) is 6.33. The Bertz CT molecular complexity index is 295. The van der Waals surface area contributed by atoms with Gasteiger partial charge in [0.2, 0.25) is 0 Å². The lowest BCUT2D eigenvalue weighted by atomic mass is 9.89. The standard InChI is InChI=1S/C11H15NO/c1-2-8-6-7-12-9-4-3-5-10(13)11(8)9/h6-7,10,13H,2-5H2,1H3. The van der Waals surface area contributed by atoms with Crippen molar-refractivity contribution in [3.8, 4) is 0 Å². The van der Waals surface area contributed by atoms with E-state index in [1.807, 2.05) is 12.3 Å². The van der Waals surface area contributed by atoms with Gasteiger partial charge in [-0.3, -0.25) is 4.98 Å². The van der Waals surface area contributed by atoms with Gasteiger partial charge < -0.3 is 5.11 Å². The summed E-state index contributed by atoms with van der Waals surface area (Å²) in [6.45, 7) is 2.12. The molecule has 2 heteroatoms. The van der Waals surface area contributed by atoms with Crippen LogP contribution in [0.15, 0.2) is 12.3 Å². The van der Waals surface area contributed by atoms with E-state index in [-0.39, 0.29) is 6.10 Å². The topological polar surface area (TPSA) is 33.1 Å². The second-order valence-electron chi connectivity index (χ2n) is 3.59. The highest BCUT2D eigenvalue weighted by atomic mass is 16.3. The third-order valence-electron chi connectivity index (χ3n) is 2.77. The van der Waals surface area contributed by atoms with Gasteiger partial charge in [0.15, 0.2) is 0 Å². The summed E-state index contributed by atoms with van der Waals surface area (Å²) in [5.41, 5.74) is 3.48. The molecule has 0 radical (unpaired) electrons. The van der Waals surface area contributed by atoms with E-state index in [2.05, 4.69) is 11.9 Å². The summed E-state index contributed by atoms with van der Waals surface area (Å²) in [5.74, 6) is 0. The zero-order valence-corrected chi connectivity index (χ0v) is 7.95. The lowest BCUT2D eigenvalue weighted by Gasteiger charge is -2.22. The summed E-state index contributed by atoms with van der Waals surface area (Å²) in [7, 11) is 0. The minimum atomic E-state index is -0.271. The Morgan fingerprint density at radius 1 is 1.62 bits per heavy atom. The maximum absolute atomic E-state index is 9.83. The van der Waals surface area contributed by atoms with Crippen LogP contribution in [0.2, 0.25) is 0 Å². The molecule has 2 rings (SSSR count). The smallest absolute Gasteiger partial charge is 0.0810 e. The predicted molar refractivity (Wildman–Crippen MR) is 51.5 cm³/mol. The Balaban J connectivity index is 2.50. The first kappa shape index (κ1) is 8.70. The lowest BCUT2D eigenvalue weighted by molar-refractivity contribution is 0.154. The first-order valence-corrected chi connectivity index (χ1v) is 4.97. The normalized spacial score (nSPS) is 21.2. The number of nitrogens with zero attached hydrogens (tertiary/aromatic N) is 1. The molecule has 0 saturated carbocycles. The van der Waals surface area contributed by atoms with Crippen molar-refractivity contribution < 1.29 is 5.11 Å². The van der Waals surface area contributed by atoms with E-state index < -0.39 is 0 Å². The SMILES string of the molecule is CCc1ccnc2c1C(O)CCC2. The van der Waals surface area contributed by atoms with Gasteiger partial charge in [0.1, 0.15) is 0 Å². The lowest BCUT2D eigenvalue weighted by Crippen LogP contribution is -2.13. The zero-order valence-electron chi connectivity index (χ0n) is 7.95. The van der Waals surface area contributed by atoms with Crippen LogP contribution in [0.3, 0.4) is 0 Å². The summed E-state index contributed by atoms with van der Waals surface area (Å²) in [5, 5.41) is 9.83. The first-order valence-electron chi connectivity index (χ1n) is 4.97. The Morgan fingerprint density at radius 2 is 2.46 bits per heavy atom. The highest BCUT2D eigenvalue weighted by Crippen LogP contribution is 2.30. The van der Waals surface area contributed by atoms with Gasteiger partial charge in [0.25, 0.3) is 0 Å². The van der Waals surface area contributed by atoms with Gasteiger partial charge in [-0.15, -0.1) is 0 Å². The van der Waals surface area contributed by atoms with Crippen molar-refractivity contribution in [1.29, 1.82) is 0 Å². The molecule has 1 aromatic heterocycles. The monoisotopic (exact) mass is 177 g/mol. The molecular weight excluding hydrogens is 162 g/mol. The fraction of sp³-hybridized carbons (Fsp3) is 0.545. The highest BCUT2D eigenvalue weighted by Gasteiger charge is 2.20. The van der Waals surface area contributed by atoms with E-state index in [9.17, 15) is 5.11 Å². The molecule has 0 fully saturated rings. The third-order valence-corrected chi connectivity index (χ3v) is 2.77. The van der Waals surface area contributed by atoms with Crippen molar-refractivity contribution in [1.82, 2.24) is 4.98 Å². The van der Waals surface area contributed by atoms with Crippen molar-refractivity contribution in [2.75, 3.05) is 0 Å². The summed E-state index contributed by atoms with van der Waals surface area (Å²) in [6, 6.07) is 2.02. The van der Waals surface area contributed by atoms with Gasteiger partial charge in [0.05, 0.1) is 6.10 Å². The molecule has 1 N–H and O–H groups in total. The summed E-state index contributed by atoms with van der Waals surface area (Å²) < 4.78 is 0. The van der Waals surface area contributed by atoms with E-state index in [1.165, 1.54) is 5.56 Å². The second kappa shape index (κ2) is 3.46. The molecule has 13 heavy (non-hydrogen) atoms. The summed E-state index contributed by atoms with van der Waals surface area (Å²) >= 11 is 0. The maximum atomic E-state index is 9.83. The molecule has 0 amide bonds. The molecule has 1 aromatic rings. The minimum Gasteiger partial charge on any atom is -0.388 e. The molecule has 0 aromatic carbocycles. The molecule has 0 spiro atoms. The molecule has 70 valence electrons. The van der Waals surface area contributed by atoms with Crippen molar-refractivity contribution in [3.05, 3.63) is 29.1 Å². The molecule has 2 nitrogen and oxygen atoms in total. The van der Waals surface area contributed by atoms with Crippen molar-refractivity contribution in [3.63, 3.8) is 0 Å². The number of aliphatic hydroxyl groups excluding tert-OH is 1. The number of hydrogen-bond donors (Lipinski definition) is 1. The molecule has 1 unspecified atom stereocenters. The van der Waals surface area contributed by atoms with Crippen LogP contribution in [-0.2, 0) is 12.8 Å². The van der Waals surface area contributed by atoms with Gasteiger partial charge in [0, 0.05) is 17.5 Å². The number of aryl methyl sites for hydroxylation is 2. The van der Waals surface area contributed by atoms with E-state index in [0.29, 0.717) is 0 Å². The summed E-state index contributed by atoms with van der Waals surface area (Å²) in [4.78, 5) is 4.32. The van der Waals surface area contributed by atoms with Gasteiger partial charge in [-0.2, -0.15) is 0 Å². The quantitative estimate of drug-likeness (QED) is 0.711. The number of pyridine rings is 1. The Hall–Kier alpha value is -0.890. The van der Waals surface area contributed by atoms with Crippen LogP contribution in [0, 0.1) is 0 Å². The molecule has 0 bridgehead atoms. The van der Waals surface area contributed by atoms with E-state index in [1.54, 1.807) is 0 Å². The van der Waals surface area contributed by atoms with Crippen molar-refractivity contribution in [2.45, 2.75) is 38.7 Å². The minimum absolute atomic E-state index is 0.271. The molecule has 1 atom stereocenters. The van der Waals surface area contributed by atoms with E-state index >= 15 is 0 Å². The number of aromatic nitrogens is 1. The van der Waals surface area contributed by atoms with Crippen LogP contribution in [0.5, 0.6) is 0 Å². The summed E-state index contributed by atoms with van der Waals surface area (Å²) in [6.07, 6.45) is 5.56. The van der Waals surface area contributed by atoms with Gasteiger partial charge >= 0.3 is 0 Å². The van der Waals surface area contributed by atoms with Crippen molar-refractivity contribution >= 4 is 0 Å². The number of rotatable bonds is 1. The predicted octanol–water partition coefficient (Wildman–Crippen LogP) is 2.01. The van der Waals surface area contributed by atoms with Crippen LogP contribution in [0.25, 0.3) is 0 Å². The van der Waals surface area contributed by atoms with Crippen LogP contribution in [-0.4, -0.2) is 10.1 Å². The molecule has 0 saturated heterocycles. The number of fused-ring (bicyclic) bond motifs is 1. The van der Waals surface area contributed by atoms with E-state index in [0.717, 1.165) is 36.9 Å². The Labute approximate surface area is 78.6 Å². The largest absolute Gasteiger partial charge is 0.388 e. The van der Waals surface area contributed by atoms with E-state index in [4.69, 9.17) is 0 Å². The van der Waals surface area contributed by atoms with Gasteiger partial charge in [-0.25, -0.2) is 0 Å². The molecular formula is C11H15NO. The molecule has 1 aliphatic rings. The fourth-order valence-corrected chi connectivity index (χ4v) is 2.08. The van der Waals surface area contributed by atoms with Gasteiger partial charge in [-0.05, 0) is 37.3 Å². The Kier molecular flexibility index (Phi) is 2.32. The second-order valence-corrected chi connectivity index (χ2v) is 3.59. The van der Waals surface area contributed by atoms with Crippen LogP contribution in [0.1, 0.15) is 42.7 Å². The number of hydrogen-bond acceptors (Lipinski definition) is 2. The average Bonchev–Trinajstić information content (AvgIpc) is 2.17.